The van der Waals surface area contributed by atoms with E-state index in [1.807, 2.05) is 31.2 Å². The Hall–Kier alpha value is -3.72. The van der Waals surface area contributed by atoms with Crippen LogP contribution in [0.1, 0.15) is 18.5 Å². The Kier molecular flexibility index (Phi) is 4.87. The highest BCUT2D eigenvalue weighted by atomic mass is 79.9. The molecule has 1 aliphatic heterocycles. The Bertz CT molecular complexity index is 1280. The van der Waals surface area contributed by atoms with Gasteiger partial charge in [0.2, 0.25) is 11.8 Å². The summed E-state index contributed by atoms with van der Waals surface area (Å²) in [5.41, 5.74) is 2.73. The quantitative estimate of drug-likeness (QED) is 0.445. The summed E-state index contributed by atoms with van der Waals surface area (Å²) >= 11 is 3.53. The molecule has 0 aliphatic carbocycles. The molecule has 0 saturated heterocycles. The fourth-order valence-corrected chi connectivity index (χ4v) is 3.99. The first kappa shape index (κ1) is 19.3. The highest BCUT2D eigenvalue weighted by Gasteiger charge is 2.34. The number of carbonyl (C=O) groups excluding carboxylic acids is 1. The van der Waals surface area contributed by atoms with E-state index in [4.69, 9.17) is 4.42 Å². The molecule has 0 saturated carbocycles. The van der Waals surface area contributed by atoms with Crippen molar-refractivity contribution in [1.29, 1.82) is 0 Å². The lowest BCUT2D eigenvalue weighted by Crippen LogP contribution is -2.31. The highest BCUT2D eigenvalue weighted by molar-refractivity contribution is 9.10. The first-order valence-corrected chi connectivity index (χ1v) is 10.3. The minimum Gasteiger partial charge on any atom is -0.461 e. The van der Waals surface area contributed by atoms with Crippen LogP contribution >= 0.6 is 15.9 Å². The van der Waals surface area contributed by atoms with Crippen LogP contribution in [0.25, 0.3) is 11.6 Å². The van der Waals surface area contributed by atoms with Gasteiger partial charge in [-0.15, -0.1) is 5.10 Å². The van der Waals surface area contributed by atoms with Crippen molar-refractivity contribution >= 4 is 33.5 Å². The van der Waals surface area contributed by atoms with Crippen molar-refractivity contribution in [2.24, 2.45) is 0 Å². The van der Waals surface area contributed by atoms with E-state index in [1.54, 1.807) is 47.6 Å². The minimum atomic E-state index is -0.485. The monoisotopic (exact) mass is 476 g/mol. The number of halogens is 1. The number of benzene rings is 1. The minimum absolute atomic E-state index is 0.247. The molecular formula is C22H17BrN6O2. The molecule has 0 fully saturated rings. The van der Waals surface area contributed by atoms with Crippen LogP contribution in [0.2, 0.25) is 0 Å². The molecule has 1 aliphatic rings. The number of fused-ring (bicyclic) bond motifs is 1. The van der Waals surface area contributed by atoms with Crippen LogP contribution in [0.15, 0.2) is 87.3 Å². The summed E-state index contributed by atoms with van der Waals surface area (Å²) in [7, 11) is 0. The van der Waals surface area contributed by atoms with Crippen molar-refractivity contribution < 1.29 is 9.21 Å². The van der Waals surface area contributed by atoms with Crippen molar-refractivity contribution in [2.75, 3.05) is 10.6 Å². The van der Waals surface area contributed by atoms with Crippen LogP contribution in [0.3, 0.4) is 0 Å². The summed E-state index contributed by atoms with van der Waals surface area (Å²) in [5, 5.41) is 10.8. The first-order valence-electron chi connectivity index (χ1n) is 9.55. The van der Waals surface area contributed by atoms with Crippen LogP contribution in [0, 0.1) is 0 Å². The maximum Gasteiger partial charge on any atom is 0.255 e. The number of furan rings is 1. The number of aromatic nitrogens is 4. The van der Waals surface area contributed by atoms with Crippen LogP contribution in [0.5, 0.6) is 0 Å². The van der Waals surface area contributed by atoms with Gasteiger partial charge >= 0.3 is 0 Å². The summed E-state index contributed by atoms with van der Waals surface area (Å²) in [4.78, 5) is 22.0. The third-order valence-corrected chi connectivity index (χ3v) is 5.42. The van der Waals surface area contributed by atoms with Gasteiger partial charge in [0.1, 0.15) is 6.04 Å². The maximum absolute atomic E-state index is 13.4. The Morgan fingerprint density at radius 3 is 2.87 bits per heavy atom. The molecule has 0 spiro atoms. The van der Waals surface area contributed by atoms with Gasteiger partial charge in [0.15, 0.2) is 5.76 Å². The Morgan fingerprint density at radius 2 is 2.13 bits per heavy atom. The smallest absolute Gasteiger partial charge is 0.255 e. The first-order chi connectivity index (χ1) is 15.1. The van der Waals surface area contributed by atoms with Crippen molar-refractivity contribution in [3.05, 3.63) is 88.5 Å². The van der Waals surface area contributed by atoms with Gasteiger partial charge < -0.3 is 15.1 Å². The molecule has 5 rings (SSSR count). The molecule has 1 unspecified atom stereocenters. The second-order valence-electron chi connectivity index (χ2n) is 7.00. The lowest BCUT2D eigenvalue weighted by atomic mass is 9.95. The fraction of sp³-hybridized carbons (Fsp3) is 0.0909. The van der Waals surface area contributed by atoms with Gasteiger partial charge in [0.25, 0.3) is 5.91 Å². The summed E-state index contributed by atoms with van der Waals surface area (Å²) in [6.45, 7) is 1.86. The number of rotatable bonds is 4. The molecule has 1 atom stereocenters. The molecule has 154 valence electrons. The summed E-state index contributed by atoms with van der Waals surface area (Å²) in [6.07, 6.45) is 4.84. The van der Waals surface area contributed by atoms with Gasteiger partial charge in [-0.1, -0.05) is 28.1 Å². The highest BCUT2D eigenvalue weighted by Crippen LogP contribution is 2.37. The molecule has 1 amide bonds. The standard InChI is InChI=1S/C22H17BrN6O2/c1-13-18(21(30)26-16-7-3-9-24-12-16)19(14-5-2-6-15(23)11-14)29-22(25-13)27-20(28-29)17-8-4-10-31-17/h2-12,19H,1H3,(H,26,30)(H,25,27,28). The zero-order valence-corrected chi connectivity index (χ0v) is 18.0. The van der Waals surface area contributed by atoms with Gasteiger partial charge in [-0.2, -0.15) is 4.98 Å². The average molecular weight is 477 g/mol. The van der Waals surface area contributed by atoms with Crippen molar-refractivity contribution in [1.82, 2.24) is 19.7 Å². The van der Waals surface area contributed by atoms with E-state index in [0.717, 1.165) is 10.0 Å². The number of allylic oxidation sites excluding steroid dienone is 1. The van der Waals surface area contributed by atoms with Gasteiger partial charge in [0.05, 0.1) is 23.7 Å². The average Bonchev–Trinajstić information content (AvgIpc) is 3.43. The molecular weight excluding hydrogens is 460 g/mol. The van der Waals surface area contributed by atoms with E-state index in [1.165, 1.54) is 0 Å². The van der Waals surface area contributed by atoms with E-state index in [0.29, 0.717) is 34.5 Å². The maximum atomic E-state index is 13.4. The number of amides is 1. The van der Waals surface area contributed by atoms with Crippen molar-refractivity contribution in [3.8, 4) is 11.6 Å². The Morgan fingerprint density at radius 1 is 1.23 bits per heavy atom. The number of pyridine rings is 1. The van der Waals surface area contributed by atoms with Gasteiger partial charge in [-0.25, -0.2) is 4.68 Å². The predicted molar refractivity (Wildman–Crippen MR) is 119 cm³/mol. The SMILES string of the molecule is CC1=C(C(=O)Nc2cccnc2)C(c2cccc(Br)c2)n2nc(-c3ccco3)nc2N1. The molecule has 9 heteroatoms. The van der Waals surface area contributed by atoms with E-state index in [-0.39, 0.29) is 5.91 Å². The van der Waals surface area contributed by atoms with E-state index >= 15 is 0 Å². The summed E-state index contributed by atoms with van der Waals surface area (Å²) in [5.74, 6) is 1.28. The number of hydrogen-bond donors (Lipinski definition) is 2. The number of anilines is 2. The fourth-order valence-electron chi connectivity index (χ4n) is 3.58. The predicted octanol–water partition coefficient (Wildman–Crippen LogP) is 4.62. The van der Waals surface area contributed by atoms with E-state index < -0.39 is 6.04 Å². The molecule has 8 nitrogen and oxygen atoms in total. The third kappa shape index (κ3) is 3.64. The Labute approximate surface area is 186 Å². The number of nitrogens with zero attached hydrogens (tertiary/aromatic N) is 4. The topological polar surface area (TPSA) is 97.9 Å². The lowest BCUT2D eigenvalue weighted by Gasteiger charge is -2.28. The summed E-state index contributed by atoms with van der Waals surface area (Å²) in [6, 6.07) is 14.5. The summed E-state index contributed by atoms with van der Waals surface area (Å²) < 4.78 is 8.08. The van der Waals surface area contributed by atoms with E-state index in [2.05, 4.69) is 41.6 Å². The van der Waals surface area contributed by atoms with Crippen molar-refractivity contribution in [3.63, 3.8) is 0 Å². The normalized spacial score (nSPS) is 15.4. The zero-order valence-electron chi connectivity index (χ0n) is 16.4. The molecule has 4 aromatic rings. The van der Waals surface area contributed by atoms with Crippen LogP contribution in [0.4, 0.5) is 11.6 Å². The number of nitrogens with one attached hydrogen (secondary N) is 2. The van der Waals surface area contributed by atoms with Crippen LogP contribution in [-0.2, 0) is 4.79 Å². The second-order valence-corrected chi connectivity index (χ2v) is 7.91. The second kappa shape index (κ2) is 7.84. The largest absolute Gasteiger partial charge is 0.461 e. The molecule has 4 heterocycles. The van der Waals surface area contributed by atoms with E-state index in [9.17, 15) is 4.79 Å². The molecule has 3 aromatic heterocycles. The third-order valence-electron chi connectivity index (χ3n) is 4.92. The molecule has 0 bridgehead atoms. The molecule has 1 aromatic carbocycles. The number of carbonyl (C=O) groups is 1. The van der Waals surface area contributed by atoms with Crippen molar-refractivity contribution in [2.45, 2.75) is 13.0 Å². The lowest BCUT2D eigenvalue weighted by molar-refractivity contribution is -0.113. The number of hydrogen-bond acceptors (Lipinski definition) is 6. The Balaban J connectivity index is 1.62. The van der Waals surface area contributed by atoms with Gasteiger partial charge in [-0.3, -0.25) is 9.78 Å². The van der Waals surface area contributed by atoms with Gasteiger partial charge in [-0.05, 0) is 48.9 Å². The molecule has 2 N–H and O–H groups in total. The molecule has 0 radical (unpaired) electrons. The molecule has 31 heavy (non-hydrogen) atoms. The van der Waals surface area contributed by atoms with Gasteiger partial charge in [0, 0.05) is 16.4 Å². The zero-order chi connectivity index (χ0) is 21.4. The van der Waals surface area contributed by atoms with Crippen LogP contribution in [-0.4, -0.2) is 25.7 Å². The van der Waals surface area contributed by atoms with Crippen LogP contribution < -0.4 is 10.6 Å².